The van der Waals surface area contributed by atoms with Gasteiger partial charge in [-0.2, -0.15) is 0 Å². The monoisotopic (exact) mass is 361 g/mol. The van der Waals surface area contributed by atoms with Crippen LogP contribution in [0, 0.1) is 5.82 Å². The van der Waals surface area contributed by atoms with Crippen molar-refractivity contribution in [3.8, 4) is 0 Å². The normalized spacial score (nSPS) is 15.5. The van der Waals surface area contributed by atoms with Gasteiger partial charge in [-0.05, 0) is 49.1 Å². The van der Waals surface area contributed by atoms with Crippen LogP contribution in [0.25, 0.3) is 0 Å². The highest BCUT2D eigenvalue weighted by atomic mass is 32.2. The van der Waals surface area contributed by atoms with Crippen molar-refractivity contribution >= 4 is 21.4 Å². The van der Waals surface area contributed by atoms with Crippen LogP contribution in [0.4, 0.5) is 10.1 Å². The second kappa shape index (κ2) is 6.96. The van der Waals surface area contributed by atoms with Crippen molar-refractivity contribution < 1.29 is 17.6 Å². The molecule has 0 spiro atoms. The molecule has 1 heterocycles. The van der Waals surface area contributed by atoms with E-state index in [1.54, 1.807) is 11.0 Å². The first kappa shape index (κ1) is 17.6. The van der Waals surface area contributed by atoms with E-state index in [4.69, 9.17) is 0 Å². The number of halogens is 1. The fourth-order valence-corrected chi connectivity index (χ4v) is 4.45. The summed E-state index contributed by atoms with van der Waals surface area (Å²) in [4.78, 5) is 14.4. The first-order valence-electron chi connectivity index (χ1n) is 8.24. The zero-order valence-corrected chi connectivity index (χ0v) is 14.8. The largest absolute Gasteiger partial charge is 0.311 e. The summed E-state index contributed by atoms with van der Waals surface area (Å²) in [7, 11) is -3.74. The Morgan fingerprint density at radius 2 is 1.96 bits per heavy atom. The molecule has 0 N–H and O–H groups in total. The number of amides is 1. The molecule has 2 aromatic carbocycles. The zero-order valence-electron chi connectivity index (χ0n) is 14.0. The van der Waals surface area contributed by atoms with Crippen molar-refractivity contribution in [1.82, 2.24) is 0 Å². The third-order valence-electron chi connectivity index (χ3n) is 4.52. The molecule has 0 bridgehead atoms. The summed E-state index contributed by atoms with van der Waals surface area (Å²) in [6.45, 7) is 1.92. The van der Waals surface area contributed by atoms with Gasteiger partial charge >= 0.3 is 0 Å². The number of anilines is 1. The van der Waals surface area contributed by atoms with Crippen molar-refractivity contribution in [2.24, 2.45) is 0 Å². The summed E-state index contributed by atoms with van der Waals surface area (Å²) >= 11 is 0. The molecule has 1 amide bonds. The number of hydrogen-bond acceptors (Lipinski definition) is 3. The minimum atomic E-state index is -3.74. The lowest BCUT2D eigenvalue weighted by Gasteiger charge is -2.31. The van der Waals surface area contributed by atoms with Crippen LogP contribution in [-0.4, -0.2) is 26.1 Å². The fraction of sp³-hybridized carbons (Fsp3) is 0.316. The highest BCUT2D eigenvalue weighted by Crippen LogP contribution is 2.28. The molecule has 6 heteroatoms. The molecule has 1 aliphatic heterocycles. The molecule has 0 aliphatic carbocycles. The Morgan fingerprint density at radius 3 is 2.72 bits per heavy atom. The number of para-hydroxylation sites is 1. The maximum Gasteiger partial charge on any atom is 0.245 e. The Kier molecular flexibility index (Phi) is 4.90. The van der Waals surface area contributed by atoms with Gasteiger partial charge in [0.15, 0.2) is 9.84 Å². The van der Waals surface area contributed by atoms with Crippen LogP contribution >= 0.6 is 0 Å². The van der Waals surface area contributed by atoms with E-state index in [0.717, 1.165) is 24.1 Å². The molecule has 1 aliphatic rings. The summed E-state index contributed by atoms with van der Waals surface area (Å²) < 4.78 is 38.6. The number of nitrogens with zero attached hydrogens (tertiary/aromatic N) is 1. The van der Waals surface area contributed by atoms with E-state index >= 15 is 0 Å². The minimum Gasteiger partial charge on any atom is -0.311 e. The lowest BCUT2D eigenvalue weighted by atomic mass is 10.0. The fourth-order valence-electron chi connectivity index (χ4n) is 3.12. The summed E-state index contributed by atoms with van der Waals surface area (Å²) in [5, 5.41) is -1.18. The molecule has 0 radical (unpaired) electrons. The van der Waals surface area contributed by atoms with Crippen LogP contribution in [0.2, 0.25) is 0 Å². The average molecular weight is 361 g/mol. The summed E-state index contributed by atoms with van der Waals surface area (Å²) in [6, 6.07) is 13.0. The van der Waals surface area contributed by atoms with Gasteiger partial charge in [-0.15, -0.1) is 0 Å². The van der Waals surface area contributed by atoms with E-state index < -0.39 is 26.8 Å². The molecule has 1 unspecified atom stereocenters. The van der Waals surface area contributed by atoms with Gasteiger partial charge < -0.3 is 4.90 Å². The number of benzene rings is 2. The van der Waals surface area contributed by atoms with E-state index in [2.05, 4.69) is 0 Å². The molecular weight excluding hydrogens is 341 g/mol. The third kappa shape index (κ3) is 3.74. The summed E-state index contributed by atoms with van der Waals surface area (Å²) in [6.07, 6.45) is 1.68. The maximum atomic E-state index is 13.3. The van der Waals surface area contributed by atoms with Crippen LogP contribution in [0.5, 0.6) is 0 Å². The predicted octanol–water partition coefficient (Wildman–Crippen LogP) is 3.11. The van der Waals surface area contributed by atoms with E-state index in [-0.39, 0.29) is 5.75 Å². The van der Waals surface area contributed by atoms with Crippen molar-refractivity contribution in [2.75, 3.05) is 11.4 Å². The SMILES string of the molecule is CC(C(=O)N1CCCc2ccccc21)S(=O)(=O)Cc1cccc(F)c1. The number of fused-ring (bicyclic) bond motifs is 1. The number of carbonyl (C=O) groups is 1. The summed E-state index contributed by atoms with van der Waals surface area (Å²) in [5.74, 6) is -1.27. The molecule has 1 atom stereocenters. The van der Waals surface area contributed by atoms with Gasteiger partial charge in [-0.25, -0.2) is 12.8 Å². The highest BCUT2D eigenvalue weighted by Gasteiger charge is 2.34. The van der Waals surface area contributed by atoms with Crippen molar-refractivity contribution in [3.05, 3.63) is 65.5 Å². The number of hydrogen-bond donors (Lipinski definition) is 0. The van der Waals surface area contributed by atoms with Gasteiger partial charge in [0.25, 0.3) is 0 Å². The van der Waals surface area contributed by atoms with Crippen LogP contribution in [0.3, 0.4) is 0 Å². The average Bonchev–Trinajstić information content (AvgIpc) is 2.59. The number of carbonyl (C=O) groups excluding carboxylic acids is 1. The minimum absolute atomic E-state index is 0.346. The Balaban J connectivity index is 1.83. The third-order valence-corrected chi connectivity index (χ3v) is 6.53. The van der Waals surface area contributed by atoms with Crippen LogP contribution in [-0.2, 0) is 26.8 Å². The predicted molar refractivity (Wildman–Crippen MR) is 95.6 cm³/mol. The van der Waals surface area contributed by atoms with Crippen molar-refractivity contribution in [1.29, 1.82) is 0 Å². The molecule has 132 valence electrons. The first-order chi connectivity index (χ1) is 11.9. The van der Waals surface area contributed by atoms with E-state index in [9.17, 15) is 17.6 Å². The Bertz CT molecular complexity index is 895. The van der Waals surface area contributed by atoms with Crippen LogP contribution in [0.1, 0.15) is 24.5 Å². The van der Waals surface area contributed by atoms with Gasteiger partial charge in [-0.1, -0.05) is 30.3 Å². The van der Waals surface area contributed by atoms with Crippen molar-refractivity contribution in [2.45, 2.75) is 30.8 Å². The van der Waals surface area contributed by atoms with Gasteiger partial charge in [0.2, 0.25) is 5.91 Å². The second-order valence-corrected chi connectivity index (χ2v) is 8.62. The number of aryl methyl sites for hydroxylation is 1. The van der Waals surface area contributed by atoms with Gasteiger partial charge in [0.05, 0.1) is 5.75 Å². The van der Waals surface area contributed by atoms with Gasteiger partial charge in [0, 0.05) is 12.2 Å². The molecule has 0 saturated carbocycles. The number of rotatable bonds is 4. The number of sulfone groups is 1. The Labute approximate surface area is 147 Å². The van der Waals surface area contributed by atoms with E-state index in [0.29, 0.717) is 12.1 Å². The lowest BCUT2D eigenvalue weighted by molar-refractivity contribution is -0.118. The smallest absolute Gasteiger partial charge is 0.245 e. The van der Waals surface area contributed by atoms with Crippen LogP contribution < -0.4 is 4.90 Å². The van der Waals surface area contributed by atoms with Crippen LogP contribution in [0.15, 0.2) is 48.5 Å². The Hall–Kier alpha value is -2.21. The zero-order chi connectivity index (χ0) is 18.0. The second-order valence-electron chi connectivity index (χ2n) is 6.30. The van der Waals surface area contributed by atoms with E-state index in [1.807, 2.05) is 24.3 Å². The maximum absolute atomic E-state index is 13.3. The molecule has 0 fully saturated rings. The lowest BCUT2D eigenvalue weighted by Crippen LogP contribution is -2.44. The quantitative estimate of drug-likeness (QED) is 0.841. The van der Waals surface area contributed by atoms with Crippen molar-refractivity contribution in [3.63, 3.8) is 0 Å². The molecule has 0 aromatic heterocycles. The van der Waals surface area contributed by atoms with E-state index in [1.165, 1.54) is 25.1 Å². The summed E-state index contributed by atoms with van der Waals surface area (Å²) in [5.41, 5.74) is 2.18. The standard InChI is InChI=1S/C19H20FNO3S/c1-14(25(23,24)13-15-6-4-9-17(20)12-15)19(22)21-11-5-8-16-7-2-3-10-18(16)21/h2-4,6-7,9-10,12,14H,5,8,11,13H2,1H3. The topological polar surface area (TPSA) is 54.5 Å². The Morgan fingerprint density at radius 1 is 1.20 bits per heavy atom. The van der Waals surface area contributed by atoms with Gasteiger partial charge in [-0.3, -0.25) is 4.79 Å². The molecule has 2 aromatic rings. The first-order valence-corrected chi connectivity index (χ1v) is 9.95. The highest BCUT2D eigenvalue weighted by molar-refractivity contribution is 7.92. The molecular formula is C19H20FNO3S. The molecule has 3 rings (SSSR count). The molecule has 25 heavy (non-hydrogen) atoms. The molecule has 0 saturated heterocycles. The van der Waals surface area contributed by atoms with Gasteiger partial charge in [0.1, 0.15) is 11.1 Å². The molecule has 4 nitrogen and oxygen atoms in total.